The molecule has 0 aliphatic rings. The van der Waals surface area contributed by atoms with Gasteiger partial charge >= 0.3 is 0 Å². The van der Waals surface area contributed by atoms with Gasteiger partial charge in [0.05, 0.1) is 23.9 Å². The molecule has 2 aromatic carbocycles. The molecule has 0 fully saturated rings. The van der Waals surface area contributed by atoms with Crippen molar-refractivity contribution in [2.24, 2.45) is 4.99 Å². The van der Waals surface area contributed by atoms with Gasteiger partial charge in [0, 0.05) is 19.1 Å². The highest BCUT2D eigenvalue weighted by atomic mass is 15.2. The zero-order valence-electron chi connectivity index (χ0n) is 15.7. The summed E-state index contributed by atoms with van der Waals surface area (Å²) in [5.41, 5.74) is 4.65. The Morgan fingerprint density at radius 2 is 1.81 bits per heavy atom. The van der Waals surface area contributed by atoms with Crippen LogP contribution in [0.5, 0.6) is 0 Å². The smallest absolute Gasteiger partial charge is 0.191 e. The van der Waals surface area contributed by atoms with E-state index in [4.69, 9.17) is 0 Å². The SMILES string of the molecule is CCNC(=NCc1ccc(Cn2cnc3ccccc32)cc1)NC(C)C. The molecular weight excluding hydrogens is 322 g/mol. The Bertz CT molecular complexity index is 861. The van der Waals surface area contributed by atoms with Crippen LogP contribution in [-0.2, 0) is 13.1 Å². The predicted molar refractivity (Wildman–Crippen MR) is 108 cm³/mol. The summed E-state index contributed by atoms with van der Waals surface area (Å²) >= 11 is 0. The molecule has 1 heterocycles. The monoisotopic (exact) mass is 349 g/mol. The van der Waals surface area contributed by atoms with Crippen LogP contribution >= 0.6 is 0 Å². The van der Waals surface area contributed by atoms with Gasteiger partial charge in [-0.15, -0.1) is 0 Å². The summed E-state index contributed by atoms with van der Waals surface area (Å²) in [4.78, 5) is 9.10. The Morgan fingerprint density at radius 1 is 1.08 bits per heavy atom. The summed E-state index contributed by atoms with van der Waals surface area (Å²) in [6.45, 7) is 8.64. The number of fused-ring (bicyclic) bond motifs is 1. The average molecular weight is 349 g/mol. The molecule has 1 aromatic heterocycles. The maximum absolute atomic E-state index is 4.65. The first-order chi connectivity index (χ1) is 12.7. The summed E-state index contributed by atoms with van der Waals surface area (Å²) in [7, 11) is 0. The van der Waals surface area contributed by atoms with E-state index < -0.39 is 0 Å². The number of aliphatic imine (C=N–C) groups is 1. The molecule has 26 heavy (non-hydrogen) atoms. The molecule has 3 aromatic rings. The molecule has 2 N–H and O–H groups in total. The molecule has 5 nitrogen and oxygen atoms in total. The molecule has 0 amide bonds. The normalized spacial score (nSPS) is 11.9. The molecule has 3 rings (SSSR count). The molecule has 136 valence electrons. The van der Waals surface area contributed by atoms with Crippen molar-refractivity contribution in [3.05, 3.63) is 66.0 Å². The van der Waals surface area contributed by atoms with Crippen LogP contribution in [0.2, 0.25) is 0 Å². The second-order valence-electron chi connectivity index (χ2n) is 6.67. The lowest BCUT2D eigenvalue weighted by atomic mass is 10.1. The van der Waals surface area contributed by atoms with Crippen LogP contribution in [0.4, 0.5) is 0 Å². The third-order valence-corrected chi connectivity index (χ3v) is 4.09. The summed E-state index contributed by atoms with van der Waals surface area (Å²) < 4.78 is 2.18. The van der Waals surface area contributed by atoms with Crippen molar-refractivity contribution < 1.29 is 0 Å². The Labute approximate surface area is 155 Å². The van der Waals surface area contributed by atoms with Gasteiger partial charge in [0.15, 0.2) is 5.96 Å². The molecule has 0 radical (unpaired) electrons. The number of para-hydroxylation sites is 2. The van der Waals surface area contributed by atoms with Crippen molar-refractivity contribution in [1.82, 2.24) is 20.2 Å². The molecule has 0 aliphatic carbocycles. The molecule has 0 atom stereocenters. The molecule has 0 aliphatic heterocycles. The zero-order chi connectivity index (χ0) is 18.4. The van der Waals surface area contributed by atoms with Crippen molar-refractivity contribution in [1.29, 1.82) is 0 Å². The standard InChI is InChI=1S/C21H27N5/c1-4-22-21(25-16(2)3)23-13-17-9-11-18(12-10-17)14-26-15-24-19-7-5-6-8-20(19)26/h5-12,15-16H,4,13-14H2,1-3H3,(H2,22,23,25). The maximum Gasteiger partial charge on any atom is 0.191 e. The van der Waals surface area contributed by atoms with E-state index in [1.807, 2.05) is 18.5 Å². The average Bonchev–Trinajstić information content (AvgIpc) is 3.04. The maximum atomic E-state index is 4.65. The fraction of sp³-hybridized carbons (Fsp3) is 0.333. The number of hydrogen-bond donors (Lipinski definition) is 2. The summed E-state index contributed by atoms with van der Waals surface area (Å²) in [6, 6.07) is 17.2. The lowest BCUT2D eigenvalue weighted by Gasteiger charge is -2.14. The molecule has 0 saturated heterocycles. The molecular formula is C21H27N5. The van der Waals surface area contributed by atoms with Gasteiger partial charge in [0.1, 0.15) is 0 Å². The Balaban J connectivity index is 1.66. The minimum absolute atomic E-state index is 0.361. The van der Waals surface area contributed by atoms with Crippen LogP contribution in [0, 0.1) is 0 Å². The van der Waals surface area contributed by atoms with Crippen molar-refractivity contribution in [2.75, 3.05) is 6.54 Å². The fourth-order valence-corrected chi connectivity index (χ4v) is 2.85. The topological polar surface area (TPSA) is 54.2 Å². The molecule has 0 unspecified atom stereocenters. The van der Waals surface area contributed by atoms with Crippen molar-refractivity contribution in [3.63, 3.8) is 0 Å². The highest BCUT2D eigenvalue weighted by Gasteiger charge is 2.03. The minimum atomic E-state index is 0.361. The van der Waals surface area contributed by atoms with Crippen molar-refractivity contribution in [3.8, 4) is 0 Å². The highest BCUT2D eigenvalue weighted by Crippen LogP contribution is 2.14. The third-order valence-electron chi connectivity index (χ3n) is 4.09. The molecule has 0 spiro atoms. The van der Waals surface area contributed by atoms with E-state index in [1.54, 1.807) is 0 Å². The number of imidazole rings is 1. The lowest BCUT2D eigenvalue weighted by Crippen LogP contribution is -2.40. The van der Waals surface area contributed by atoms with Crippen LogP contribution in [0.1, 0.15) is 31.9 Å². The number of nitrogens with one attached hydrogen (secondary N) is 2. The first-order valence-corrected chi connectivity index (χ1v) is 9.18. The Kier molecular flexibility index (Phi) is 5.89. The minimum Gasteiger partial charge on any atom is -0.357 e. The van der Waals surface area contributed by atoms with Gasteiger partial charge in [-0.2, -0.15) is 0 Å². The first-order valence-electron chi connectivity index (χ1n) is 9.18. The second-order valence-corrected chi connectivity index (χ2v) is 6.67. The Hall–Kier alpha value is -2.82. The van der Waals surface area contributed by atoms with Gasteiger partial charge in [-0.3, -0.25) is 0 Å². The third kappa shape index (κ3) is 4.63. The van der Waals surface area contributed by atoms with Crippen LogP contribution < -0.4 is 10.6 Å². The molecule has 0 bridgehead atoms. The summed E-state index contributed by atoms with van der Waals surface area (Å²) in [6.07, 6.45) is 1.91. The number of guanidine groups is 1. The van der Waals surface area contributed by atoms with Gasteiger partial charge in [-0.25, -0.2) is 9.98 Å². The quantitative estimate of drug-likeness (QED) is 0.529. The van der Waals surface area contributed by atoms with Crippen LogP contribution in [-0.4, -0.2) is 28.1 Å². The van der Waals surface area contributed by atoms with E-state index in [2.05, 4.69) is 82.3 Å². The van der Waals surface area contributed by atoms with Crippen LogP contribution in [0.3, 0.4) is 0 Å². The zero-order valence-corrected chi connectivity index (χ0v) is 15.7. The van der Waals surface area contributed by atoms with E-state index in [0.29, 0.717) is 12.6 Å². The summed E-state index contributed by atoms with van der Waals surface area (Å²) in [5, 5.41) is 6.61. The van der Waals surface area contributed by atoms with Gasteiger partial charge in [0.2, 0.25) is 0 Å². The van der Waals surface area contributed by atoms with Gasteiger partial charge in [-0.05, 0) is 44.0 Å². The second kappa shape index (κ2) is 8.52. The van der Waals surface area contributed by atoms with Gasteiger partial charge in [0.25, 0.3) is 0 Å². The van der Waals surface area contributed by atoms with Crippen molar-refractivity contribution >= 4 is 17.0 Å². The number of hydrogen-bond acceptors (Lipinski definition) is 2. The number of nitrogens with zero attached hydrogens (tertiary/aromatic N) is 3. The highest BCUT2D eigenvalue weighted by molar-refractivity contribution is 5.80. The summed E-state index contributed by atoms with van der Waals surface area (Å²) in [5.74, 6) is 0.858. The number of rotatable bonds is 6. The number of benzene rings is 2. The largest absolute Gasteiger partial charge is 0.357 e. The Morgan fingerprint density at radius 3 is 2.54 bits per heavy atom. The van der Waals surface area contributed by atoms with E-state index >= 15 is 0 Å². The van der Waals surface area contributed by atoms with Gasteiger partial charge in [-0.1, -0.05) is 36.4 Å². The number of aromatic nitrogens is 2. The lowest BCUT2D eigenvalue weighted by molar-refractivity contribution is 0.700. The molecule has 5 heteroatoms. The fourth-order valence-electron chi connectivity index (χ4n) is 2.85. The van der Waals surface area contributed by atoms with E-state index in [9.17, 15) is 0 Å². The predicted octanol–water partition coefficient (Wildman–Crippen LogP) is 3.55. The van der Waals surface area contributed by atoms with E-state index in [-0.39, 0.29) is 0 Å². The van der Waals surface area contributed by atoms with E-state index in [0.717, 1.165) is 30.1 Å². The van der Waals surface area contributed by atoms with Gasteiger partial charge < -0.3 is 15.2 Å². The van der Waals surface area contributed by atoms with E-state index in [1.165, 1.54) is 11.1 Å². The van der Waals surface area contributed by atoms with Crippen LogP contribution in [0.25, 0.3) is 11.0 Å². The molecule has 0 saturated carbocycles. The first kappa shape index (κ1) is 18.0. The van der Waals surface area contributed by atoms with Crippen molar-refractivity contribution in [2.45, 2.75) is 39.9 Å². The van der Waals surface area contributed by atoms with Crippen LogP contribution in [0.15, 0.2) is 59.9 Å².